The van der Waals surface area contributed by atoms with Crippen LogP contribution in [0.2, 0.25) is 0 Å². The molecule has 1 aromatic rings. The average Bonchev–Trinajstić information content (AvgIpc) is 2.44. The predicted molar refractivity (Wildman–Crippen MR) is 77.1 cm³/mol. The first-order valence-electron chi connectivity index (χ1n) is 6.60. The lowest BCUT2D eigenvalue weighted by atomic mass is 9.91. The lowest BCUT2D eigenvalue weighted by molar-refractivity contribution is 0.142. The van der Waals surface area contributed by atoms with Crippen molar-refractivity contribution >= 4 is 0 Å². The Morgan fingerprint density at radius 2 is 1.89 bits per heavy atom. The Labute approximate surface area is 111 Å². The van der Waals surface area contributed by atoms with Gasteiger partial charge in [0.1, 0.15) is 5.75 Å². The van der Waals surface area contributed by atoms with E-state index in [2.05, 4.69) is 37.9 Å². The summed E-state index contributed by atoms with van der Waals surface area (Å²) in [7, 11) is 3.83. The van der Waals surface area contributed by atoms with Crippen LogP contribution >= 0.6 is 0 Å². The number of hydrogen-bond acceptors (Lipinski definition) is 3. The summed E-state index contributed by atoms with van der Waals surface area (Å²) in [6, 6.07) is 8.28. The summed E-state index contributed by atoms with van der Waals surface area (Å²) in [5, 5.41) is 0. The maximum atomic E-state index is 5.93. The van der Waals surface area contributed by atoms with E-state index in [1.54, 1.807) is 7.11 Å². The Hall–Kier alpha value is -1.06. The van der Waals surface area contributed by atoms with Gasteiger partial charge in [-0.3, -0.25) is 4.90 Å². The van der Waals surface area contributed by atoms with Gasteiger partial charge in [-0.1, -0.05) is 19.1 Å². The molecule has 0 aliphatic heterocycles. The summed E-state index contributed by atoms with van der Waals surface area (Å²) in [4.78, 5) is 2.33. The van der Waals surface area contributed by atoms with Crippen LogP contribution in [0.4, 0.5) is 0 Å². The van der Waals surface area contributed by atoms with E-state index in [0.29, 0.717) is 6.54 Å². The molecule has 3 heteroatoms. The molecule has 0 heterocycles. The molecule has 0 aliphatic carbocycles. The van der Waals surface area contributed by atoms with Crippen LogP contribution in [0.1, 0.15) is 25.8 Å². The number of likely N-dealkylation sites (N-methyl/N-ethyl adjacent to an activating group) is 1. The molecule has 3 nitrogen and oxygen atoms in total. The Morgan fingerprint density at radius 3 is 2.33 bits per heavy atom. The summed E-state index contributed by atoms with van der Waals surface area (Å²) in [5.41, 5.74) is 7.34. The molecule has 0 aromatic heterocycles. The van der Waals surface area contributed by atoms with Crippen LogP contribution in [-0.2, 0) is 6.42 Å². The van der Waals surface area contributed by atoms with Gasteiger partial charge in [0.05, 0.1) is 7.11 Å². The monoisotopic (exact) mass is 250 g/mol. The zero-order valence-corrected chi connectivity index (χ0v) is 12.1. The van der Waals surface area contributed by atoms with Gasteiger partial charge in [0.15, 0.2) is 0 Å². The number of hydrogen-bond donors (Lipinski definition) is 1. The molecule has 0 aliphatic rings. The van der Waals surface area contributed by atoms with Crippen molar-refractivity contribution in [2.24, 2.45) is 5.73 Å². The van der Waals surface area contributed by atoms with E-state index >= 15 is 0 Å². The Morgan fingerprint density at radius 1 is 1.28 bits per heavy atom. The van der Waals surface area contributed by atoms with Gasteiger partial charge in [-0.25, -0.2) is 0 Å². The molecular formula is C15H26N2O. The number of ether oxygens (including phenoxy) is 1. The Bertz CT molecular complexity index is 350. The third-order valence-corrected chi connectivity index (χ3v) is 3.95. The second kappa shape index (κ2) is 6.76. The number of methoxy groups -OCH3 is 1. The molecule has 102 valence electrons. The topological polar surface area (TPSA) is 38.5 Å². The van der Waals surface area contributed by atoms with Gasteiger partial charge in [0.2, 0.25) is 0 Å². The third kappa shape index (κ3) is 3.72. The number of benzene rings is 1. The minimum absolute atomic E-state index is 0.0781. The van der Waals surface area contributed by atoms with Gasteiger partial charge in [-0.05, 0) is 51.1 Å². The van der Waals surface area contributed by atoms with Crippen LogP contribution < -0.4 is 10.5 Å². The molecule has 0 bridgehead atoms. The maximum Gasteiger partial charge on any atom is 0.118 e. The summed E-state index contributed by atoms with van der Waals surface area (Å²) in [6.45, 7) is 6.12. The normalized spacial score (nSPS) is 14.6. The Kier molecular flexibility index (Phi) is 5.63. The molecule has 0 spiro atoms. The largest absolute Gasteiger partial charge is 0.497 e. The number of nitrogens with two attached hydrogens (primary N) is 1. The lowest BCUT2D eigenvalue weighted by Crippen LogP contribution is -2.49. The van der Waals surface area contributed by atoms with Crippen molar-refractivity contribution < 1.29 is 4.74 Å². The summed E-state index contributed by atoms with van der Waals surface area (Å²) in [5.74, 6) is 0.908. The van der Waals surface area contributed by atoms with Gasteiger partial charge in [-0.2, -0.15) is 0 Å². The maximum absolute atomic E-state index is 5.93. The lowest BCUT2D eigenvalue weighted by Gasteiger charge is -2.37. The van der Waals surface area contributed by atoms with Crippen molar-refractivity contribution in [1.29, 1.82) is 0 Å². The molecule has 2 N–H and O–H groups in total. The second-order valence-corrected chi connectivity index (χ2v) is 5.06. The number of aryl methyl sites for hydroxylation is 1. The van der Waals surface area contributed by atoms with E-state index in [1.807, 2.05) is 12.1 Å². The minimum Gasteiger partial charge on any atom is -0.497 e. The molecule has 0 fully saturated rings. The molecule has 1 aromatic carbocycles. The first-order valence-corrected chi connectivity index (χ1v) is 6.60. The fraction of sp³-hybridized carbons (Fsp3) is 0.600. The molecule has 0 amide bonds. The van der Waals surface area contributed by atoms with E-state index in [0.717, 1.165) is 25.1 Å². The first-order chi connectivity index (χ1) is 8.55. The molecule has 0 saturated heterocycles. The van der Waals surface area contributed by atoms with Gasteiger partial charge < -0.3 is 10.5 Å². The molecule has 0 radical (unpaired) electrons. The van der Waals surface area contributed by atoms with E-state index in [-0.39, 0.29) is 5.54 Å². The Balaban J connectivity index is 2.61. The summed E-state index contributed by atoms with van der Waals surface area (Å²) in [6.07, 6.45) is 2.11. The van der Waals surface area contributed by atoms with Crippen LogP contribution in [0.25, 0.3) is 0 Å². The fourth-order valence-electron chi connectivity index (χ4n) is 2.04. The molecular weight excluding hydrogens is 224 g/mol. The zero-order valence-electron chi connectivity index (χ0n) is 12.1. The van der Waals surface area contributed by atoms with Crippen LogP contribution in [-0.4, -0.2) is 37.7 Å². The van der Waals surface area contributed by atoms with Gasteiger partial charge in [0, 0.05) is 12.1 Å². The van der Waals surface area contributed by atoms with Crippen LogP contribution in [0.15, 0.2) is 24.3 Å². The van der Waals surface area contributed by atoms with Crippen molar-refractivity contribution in [2.75, 3.05) is 27.2 Å². The standard InChI is InChI=1S/C15H26N2O/c1-5-17(3)15(2,12-16)11-10-13-6-8-14(18-4)9-7-13/h6-9H,5,10-12,16H2,1-4H3. The van der Waals surface area contributed by atoms with Gasteiger partial charge >= 0.3 is 0 Å². The molecule has 0 saturated carbocycles. The van der Waals surface area contributed by atoms with Gasteiger partial charge in [-0.15, -0.1) is 0 Å². The summed E-state index contributed by atoms with van der Waals surface area (Å²) >= 11 is 0. The molecule has 1 atom stereocenters. The van der Waals surface area contributed by atoms with Gasteiger partial charge in [0.25, 0.3) is 0 Å². The van der Waals surface area contributed by atoms with Crippen molar-refractivity contribution in [3.63, 3.8) is 0 Å². The molecule has 1 rings (SSSR count). The van der Waals surface area contributed by atoms with E-state index < -0.39 is 0 Å². The highest BCUT2D eigenvalue weighted by Gasteiger charge is 2.26. The average molecular weight is 250 g/mol. The predicted octanol–water partition coefficient (Wildman–Crippen LogP) is 2.30. The highest BCUT2D eigenvalue weighted by molar-refractivity contribution is 5.27. The zero-order chi connectivity index (χ0) is 13.6. The van der Waals surface area contributed by atoms with Crippen molar-refractivity contribution in [3.8, 4) is 5.75 Å². The SMILES string of the molecule is CCN(C)C(C)(CN)CCc1ccc(OC)cc1. The second-order valence-electron chi connectivity index (χ2n) is 5.06. The van der Waals surface area contributed by atoms with E-state index in [9.17, 15) is 0 Å². The minimum atomic E-state index is 0.0781. The van der Waals surface area contributed by atoms with Crippen LogP contribution in [0.3, 0.4) is 0 Å². The number of rotatable bonds is 7. The van der Waals surface area contributed by atoms with Crippen LogP contribution in [0.5, 0.6) is 5.75 Å². The van der Waals surface area contributed by atoms with Crippen molar-refractivity contribution in [1.82, 2.24) is 4.90 Å². The fourth-order valence-corrected chi connectivity index (χ4v) is 2.04. The summed E-state index contributed by atoms with van der Waals surface area (Å²) < 4.78 is 5.16. The van der Waals surface area contributed by atoms with E-state index in [4.69, 9.17) is 10.5 Å². The molecule has 1 unspecified atom stereocenters. The van der Waals surface area contributed by atoms with E-state index in [1.165, 1.54) is 5.56 Å². The third-order valence-electron chi connectivity index (χ3n) is 3.95. The number of nitrogens with zero attached hydrogens (tertiary/aromatic N) is 1. The van der Waals surface area contributed by atoms with Crippen LogP contribution in [0, 0.1) is 0 Å². The first kappa shape index (κ1) is 15.0. The highest BCUT2D eigenvalue weighted by atomic mass is 16.5. The van der Waals surface area contributed by atoms with Crippen molar-refractivity contribution in [2.45, 2.75) is 32.2 Å². The quantitative estimate of drug-likeness (QED) is 0.807. The highest BCUT2D eigenvalue weighted by Crippen LogP contribution is 2.20. The molecule has 18 heavy (non-hydrogen) atoms. The van der Waals surface area contributed by atoms with Crippen molar-refractivity contribution in [3.05, 3.63) is 29.8 Å². The smallest absolute Gasteiger partial charge is 0.118 e.